The minimum Gasteiger partial charge on any atom is -0.752 e. The molecular formula is C28H23Cl2N6O3S-. The molecule has 0 saturated heterocycles. The summed E-state index contributed by atoms with van der Waals surface area (Å²) >= 11 is 13.8. The zero-order valence-electron chi connectivity index (χ0n) is 21.0. The predicted molar refractivity (Wildman–Crippen MR) is 158 cm³/mol. The van der Waals surface area contributed by atoms with E-state index in [0.29, 0.717) is 12.5 Å². The quantitative estimate of drug-likeness (QED) is 0.204. The van der Waals surface area contributed by atoms with Crippen molar-refractivity contribution in [2.45, 2.75) is 19.0 Å². The molecule has 1 N–H and O–H groups in total. The molecule has 2 amide bonds. The number of thiazole rings is 1. The van der Waals surface area contributed by atoms with Crippen LogP contribution in [0.1, 0.15) is 28.0 Å². The van der Waals surface area contributed by atoms with Gasteiger partial charge in [-0.15, -0.1) is 11.3 Å². The molecule has 1 atom stereocenters. The molecular weight excluding hydrogens is 571 g/mol. The Kier molecular flexibility index (Phi) is 9.98. The van der Waals surface area contributed by atoms with Gasteiger partial charge in [-0.2, -0.15) is 0 Å². The van der Waals surface area contributed by atoms with Crippen LogP contribution in [0.4, 0.5) is 11.6 Å². The first kappa shape index (κ1) is 28.9. The Bertz CT molecular complexity index is 1460. The second kappa shape index (κ2) is 13.8. The molecule has 0 aliphatic heterocycles. The van der Waals surface area contributed by atoms with Crippen LogP contribution in [-0.2, 0) is 11.3 Å². The van der Waals surface area contributed by atoms with Crippen molar-refractivity contribution < 1.29 is 9.59 Å². The summed E-state index contributed by atoms with van der Waals surface area (Å²) in [5.41, 5.74) is 4.38. The Morgan fingerprint density at radius 3 is 2.38 bits per heavy atom. The minimum absolute atomic E-state index is 0.0175. The smallest absolute Gasteiger partial charge is 0.254 e. The third-order valence-corrected chi connectivity index (χ3v) is 6.93. The monoisotopic (exact) mass is 593 g/mol. The Morgan fingerprint density at radius 1 is 1.05 bits per heavy atom. The number of carbonyl (C=O) groups excluding carboxylic acids is 2. The van der Waals surface area contributed by atoms with Crippen molar-refractivity contribution in [1.82, 2.24) is 25.3 Å². The van der Waals surface area contributed by atoms with Gasteiger partial charge in [0.25, 0.3) is 5.91 Å². The number of hydrogen-bond donors (Lipinski definition) is 1. The molecule has 4 rings (SSSR count). The summed E-state index contributed by atoms with van der Waals surface area (Å²) in [7, 11) is 0. The molecule has 2 heterocycles. The number of carbonyl (C=O) groups is 2. The zero-order valence-corrected chi connectivity index (χ0v) is 23.3. The summed E-state index contributed by atoms with van der Waals surface area (Å²) in [4.78, 5) is 40.6. The third-order valence-electron chi connectivity index (χ3n) is 5.66. The van der Waals surface area contributed by atoms with E-state index >= 15 is 0 Å². The molecule has 0 aliphatic carbocycles. The molecule has 2 aromatic carbocycles. The SMILES string of the molecule is C=CN([O-])C(=O)C(C/C=C/c1ccc(N(Cc2cscn2)c2ncccn2)cc1)NC(=O)c1c(Cl)cccc1Cl. The Balaban J connectivity index is 1.49. The predicted octanol–water partition coefficient (Wildman–Crippen LogP) is 6.25. The van der Waals surface area contributed by atoms with Crippen LogP contribution in [0.25, 0.3) is 6.08 Å². The molecule has 0 aliphatic rings. The Hall–Kier alpha value is -4.09. The van der Waals surface area contributed by atoms with Crippen LogP contribution in [0.2, 0.25) is 10.0 Å². The molecule has 0 bridgehead atoms. The lowest BCUT2D eigenvalue weighted by Crippen LogP contribution is -2.45. The van der Waals surface area contributed by atoms with E-state index in [4.69, 9.17) is 23.2 Å². The van der Waals surface area contributed by atoms with Crippen LogP contribution >= 0.6 is 34.5 Å². The largest absolute Gasteiger partial charge is 0.752 e. The summed E-state index contributed by atoms with van der Waals surface area (Å²) in [6.07, 6.45) is 7.70. The van der Waals surface area contributed by atoms with Crippen LogP contribution in [-0.4, -0.2) is 37.9 Å². The number of anilines is 2. The normalized spacial score (nSPS) is 11.7. The van der Waals surface area contributed by atoms with E-state index in [1.807, 2.05) is 34.5 Å². The highest BCUT2D eigenvalue weighted by Gasteiger charge is 2.23. The van der Waals surface area contributed by atoms with Crippen molar-refractivity contribution in [3.05, 3.63) is 123 Å². The van der Waals surface area contributed by atoms with Gasteiger partial charge >= 0.3 is 0 Å². The van der Waals surface area contributed by atoms with Gasteiger partial charge in [0.2, 0.25) is 11.9 Å². The number of nitrogens with one attached hydrogen (secondary N) is 1. The maximum Gasteiger partial charge on any atom is 0.254 e. The van der Waals surface area contributed by atoms with Gasteiger partial charge in [0, 0.05) is 23.5 Å². The number of halogens is 2. The standard InChI is InChI=1S/C28H23Cl2N6O3S/c1-2-36(39)27(38)24(34-26(37)25-22(29)7-4-8-23(25)30)9-3-6-19-10-12-21(13-11-19)35(16-20-17-40-18-33-20)28-31-14-5-15-32-28/h2-8,10-15,17-18,24H,1,9,16H2,(H,34,37)/q-1/b6-3+. The number of rotatable bonds is 11. The highest BCUT2D eigenvalue weighted by Crippen LogP contribution is 2.26. The summed E-state index contributed by atoms with van der Waals surface area (Å²) in [5, 5.41) is 16.8. The third kappa shape index (κ3) is 7.30. The minimum atomic E-state index is -1.17. The maximum absolute atomic E-state index is 12.9. The molecule has 40 heavy (non-hydrogen) atoms. The van der Waals surface area contributed by atoms with E-state index in [2.05, 4.69) is 26.8 Å². The summed E-state index contributed by atoms with van der Waals surface area (Å²) in [6, 6.07) is 12.8. The van der Waals surface area contributed by atoms with Gasteiger partial charge < -0.3 is 20.5 Å². The number of amides is 2. The number of benzene rings is 2. The summed E-state index contributed by atoms with van der Waals surface area (Å²) in [6.45, 7) is 3.83. The fourth-order valence-electron chi connectivity index (χ4n) is 3.70. The van der Waals surface area contributed by atoms with Gasteiger partial charge in [0.05, 0.1) is 33.4 Å². The Morgan fingerprint density at radius 2 is 1.75 bits per heavy atom. The first-order valence-electron chi connectivity index (χ1n) is 11.9. The fourth-order valence-corrected chi connectivity index (χ4v) is 4.82. The van der Waals surface area contributed by atoms with Crippen molar-refractivity contribution in [1.29, 1.82) is 0 Å². The molecule has 204 valence electrons. The maximum atomic E-state index is 12.9. The average Bonchev–Trinajstić information content (AvgIpc) is 3.49. The lowest BCUT2D eigenvalue weighted by atomic mass is 10.1. The van der Waals surface area contributed by atoms with Gasteiger partial charge in [0.15, 0.2) is 0 Å². The van der Waals surface area contributed by atoms with Crippen molar-refractivity contribution in [3.8, 4) is 0 Å². The average molecular weight is 595 g/mol. The number of hydroxylamine groups is 2. The van der Waals surface area contributed by atoms with Crippen molar-refractivity contribution >= 4 is 64.1 Å². The number of hydrogen-bond acceptors (Lipinski definition) is 8. The van der Waals surface area contributed by atoms with Crippen LogP contribution in [0, 0.1) is 5.21 Å². The molecule has 9 nitrogen and oxygen atoms in total. The summed E-state index contributed by atoms with van der Waals surface area (Å²) in [5.74, 6) is -1.02. The lowest BCUT2D eigenvalue weighted by Gasteiger charge is -2.28. The second-order valence-corrected chi connectivity index (χ2v) is 9.85. The second-order valence-electron chi connectivity index (χ2n) is 8.31. The highest BCUT2D eigenvalue weighted by molar-refractivity contribution is 7.07. The molecule has 0 saturated carbocycles. The van der Waals surface area contributed by atoms with Gasteiger partial charge in [-0.3, -0.25) is 9.59 Å². The zero-order chi connectivity index (χ0) is 28.5. The van der Waals surface area contributed by atoms with E-state index in [9.17, 15) is 14.8 Å². The van der Waals surface area contributed by atoms with E-state index < -0.39 is 17.9 Å². The molecule has 4 aromatic rings. The molecule has 12 heteroatoms. The molecule has 0 spiro atoms. The molecule has 1 unspecified atom stereocenters. The Labute approximate surface area is 245 Å². The number of nitrogens with zero attached hydrogens (tertiary/aromatic N) is 5. The highest BCUT2D eigenvalue weighted by atomic mass is 35.5. The molecule has 0 radical (unpaired) electrons. The number of aromatic nitrogens is 3. The molecule has 2 aromatic heterocycles. The van der Waals surface area contributed by atoms with E-state index in [1.165, 1.54) is 23.5 Å². The van der Waals surface area contributed by atoms with E-state index in [-0.39, 0.29) is 27.1 Å². The summed E-state index contributed by atoms with van der Waals surface area (Å²) < 4.78 is 0. The van der Waals surface area contributed by atoms with E-state index in [0.717, 1.165) is 23.1 Å². The van der Waals surface area contributed by atoms with Gasteiger partial charge in [-0.25, -0.2) is 15.0 Å². The van der Waals surface area contributed by atoms with Gasteiger partial charge in [0.1, 0.15) is 6.04 Å². The van der Waals surface area contributed by atoms with Crippen LogP contribution < -0.4 is 10.2 Å². The van der Waals surface area contributed by atoms with Gasteiger partial charge in [-0.05, 0) is 48.5 Å². The van der Waals surface area contributed by atoms with E-state index in [1.54, 1.807) is 42.2 Å². The molecule has 0 fully saturated rings. The van der Waals surface area contributed by atoms with Crippen LogP contribution in [0.3, 0.4) is 0 Å². The van der Waals surface area contributed by atoms with Crippen molar-refractivity contribution in [3.63, 3.8) is 0 Å². The van der Waals surface area contributed by atoms with Crippen molar-refractivity contribution in [2.24, 2.45) is 0 Å². The van der Waals surface area contributed by atoms with Crippen molar-refractivity contribution in [2.75, 3.05) is 4.90 Å². The fraction of sp³-hybridized carbons (Fsp3) is 0.107. The lowest BCUT2D eigenvalue weighted by molar-refractivity contribution is -0.128. The topological polar surface area (TPSA) is 114 Å². The van der Waals surface area contributed by atoms with Crippen LogP contribution in [0.15, 0.2) is 90.7 Å². The first-order valence-corrected chi connectivity index (χ1v) is 13.6. The van der Waals surface area contributed by atoms with Gasteiger partial charge in [-0.1, -0.05) is 60.1 Å². The first-order chi connectivity index (χ1) is 19.4. The van der Waals surface area contributed by atoms with Crippen LogP contribution in [0.5, 0.6) is 0 Å².